The van der Waals surface area contributed by atoms with Crippen molar-refractivity contribution < 1.29 is 19.1 Å². The van der Waals surface area contributed by atoms with E-state index in [4.69, 9.17) is 9.47 Å². The van der Waals surface area contributed by atoms with Crippen LogP contribution in [-0.2, 0) is 9.47 Å². The minimum absolute atomic E-state index is 0.186. The molecule has 5 aromatic rings. The molecule has 272 valence electrons. The van der Waals surface area contributed by atoms with Crippen molar-refractivity contribution in [3.63, 3.8) is 0 Å². The molecule has 52 heavy (non-hydrogen) atoms. The van der Waals surface area contributed by atoms with Crippen molar-refractivity contribution in [2.24, 2.45) is 10.8 Å². The molecule has 0 aromatic heterocycles. The number of benzene rings is 5. The fourth-order valence-corrected chi connectivity index (χ4v) is 11.6. The van der Waals surface area contributed by atoms with Gasteiger partial charge < -0.3 is 9.47 Å². The second-order valence-corrected chi connectivity index (χ2v) is 17.8. The second-order valence-electron chi connectivity index (χ2n) is 17.8. The Balaban J connectivity index is 1.00. The summed E-state index contributed by atoms with van der Waals surface area (Å²) in [5.41, 5.74) is 1.62. The van der Waals surface area contributed by atoms with E-state index < -0.39 is 0 Å². The zero-order valence-electron chi connectivity index (χ0n) is 31.5. The SMILES string of the molecule is CCCCCC12CCC(OC(=O)c3ccc4c5cccc6c(C(=O)OC78CCC(CCCCC)(CC7)CC8)ccc(c7cccc3c74)c65)(CC1)CC2. The Kier molecular flexibility index (Phi) is 8.55. The van der Waals surface area contributed by atoms with Gasteiger partial charge in [0.2, 0.25) is 0 Å². The third kappa shape index (κ3) is 5.61. The second kappa shape index (κ2) is 13.0. The number of hydrogen-bond acceptors (Lipinski definition) is 4. The van der Waals surface area contributed by atoms with E-state index in [0.717, 1.165) is 81.6 Å². The monoisotopic (exact) mass is 696 g/mol. The fraction of sp³-hybridized carbons (Fsp3) is 0.542. The van der Waals surface area contributed by atoms with Gasteiger partial charge in [-0.15, -0.1) is 0 Å². The fourth-order valence-electron chi connectivity index (χ4n) is 11.6. The van der Waals surface area contributed by atoms with E-state index in [1.165, 1.54) is 89.9 Å². The summed E-state index contributed by atoms with van der Waals surface area (Å²) in [5, 5.41) is 8.50. The number of hydrogen-bond donors (Lipinski definition) is 0. The Labute approximate surface area is 309 Å². The Hall–Kier alpha value is -3.66. The van der Waals surface area contributed by atoms with Gasteiger partial charge in [-0.1, -0.05) is 101 Å². The molecule has 11 rings (SSSR count). The van der Waals surface area contributed by atoms with Gasteiger partial charge in [0.15, 0.2) is 0 Å². The van der Waals surface area contributed by atoms with Crippen LogP contribution in [0.25, 0.3) is 43.1 Å². The standard InChI is InChI=1S/C48H56O4/c1-3-5-7-19-45-21-27-47(28-22-45,29-23-45)51-43(49)39-17-15-37-34-12-10-14-36-40(18-16-38(42(34)36)33-11-9-13-35(39)41(33)37)44(50)52-48-30-24-46(25-31-48,26-32-48)20-8-6-4-2/h9-18H,3-8,19-32H2,1-2H3. The summed E-state index contributed by atoms with van der Waals surface area (Å²) in [4.78, 5) is 28.2. The number of unbranched alkanes of at least 4 members (excludes halogenated alkanes) is 4. The van der Waals surface area contributed by atoms with Gasteiger partial charge in [-0.25, -0.2) is 9.59 Å². The maximum absolute atomic E-state index is 14.1. The zero-order valence-corrected chi connectivity index (χ0v) is 31.5. The Morgan fingerprint density at radius 3 is 1.17 bits per heavy atom. The van der Waals surface area contributed by atoms with Crippen molar-refractivity contribution in [3.05, 3.63) is 71.8 Å². The lowest BCUT2D eigenvalue weighted by atomic mass is 9.57. The van der Waals surface area contributed by atoms with E-state index in [1.54, 1.807) is 0 Å². The van der Waals surface area contributed by atoms with E-state index in [1.807, 2.05) is 12.1 Å². The highest BCUT2D eigenvalue weighted by Gasteiger charge is 2.51. The summed E-state index contributed by atoms with van der Waals surface area (Å²) in [5.74, 6) is -0.372. The first-order valence-electron chi connectivity index (χ1n) is 20.9. The number of fused-ring (bicyclic) bond motifs is 8. The molecule has 0 atom stereocenters. The summed E-state index contributed by atoms with van der Waals surface area (Å²) >= 11 is 0. The van der Waals surface area contributed by atoms with Gasteiger partial charge in [0.05, 0.1) is 11.1 Å². The van der Waals surface area contributed by atoms with E-state index >= 15 is 0 Å². The van der Waals surface area contributed by atoms with Crippen molar-refractivity contribution in [1.29, 1.82) is 0 Å². The smallest absolute Gasteiger partial charge is 0.339 e. The summed E-state index contributed by atoms with van der Waals surface area (Å²) < 4.78 is 13.1. The highest BCUT2D eigenvalue weighted by atomic mass is 16.6. The molecule has 0 spiro atoms. The van der Waals surface area contributed by atoms with E-state index in [9.17, 15) is 9.59 Å². The largest absolute Gasteiger partial charge is 0.455 e. The number of rotatable bonds is 12. The molecule has 4 bridgehead atoms. The molecule has 0 N–H and O–H groups in total. The molecule has 0 saturated heterocycles. The van der Waals surface area contributed by atoms with Crippen molar-refractivity contribution in [2.45, 2.75) is 153 Å². The van der Waals surface area contributed by atoms with Gasteiger partial charge in [-0.05, 0) is 156 Å². The average Bonchev–Trinajstić information content (AvgIpc) is 3.18. The molecule has 6 fully saturated rings. The molecule has 0 amide bonds. The van der Waals surface area contributed by atoms with Gasteiger partial charge in [0.25, 0.3) is 0 Å². The van der Waals surface area contributed by atoms with Crippen LogP contribution in [0.5, 0.6) is 0 Å². The molecule has 6 saturated carbocycles. The Morgan fingerprint density at radius 2 is 0.808 bits per heavy atom. The molecule has 4 nitrogen and oxygen atoms in total. The molecule has 4 heteroatoms. The molecule has 6 aliphatic rings. The first-order chi connectivity index (χ1) is 25.3. The highest BCUT2D eigenvalue weighted by molar-refractivity contribution is 6.35. The third-order valence-electron chi connectivity index (χ3n) is 15.0. The average molecular weight is 697 g/mol. The lowest BCUT2D eigenvalue weighted by Gasteiger charge is -2.53. The minimum atomic E-state index is -0.320. The van der Waals surface area contributed by atoms with Gasteiger partial charge in [-0.2, -0.15) is 0 Å². The van der Waals surface area contributed by atoms with Crippen LogP contribution < -0.4 is 0 Å². The zero-order chi connectivity index (χ0) is 35.6. The lowest BCUT2D eigenvalue weighted by Crippen LogP contribution is -2.48. The van der Waals surface area contributed by atoms with Crippen molar-refractivity contribution >= 4 is 55.0 Å². The Bertz CT molecular complexity index is 1930. The predicted molar refractivity (Wildman–Crippen MR) is 212 cm³/mol. The molecule has 6 aliphatic carbocycles. The van der Waals surface area contributed by atoms with Crippen LogP contribution in [-0.4, -0.2) is 23.1 Å². The molecular weight excluding hydrogens is 641 g/mol. The van der Waals surface area contributed by atoms with Gasteiger partial charge in [0, 0.05) is 0 Å². The topological polar surface area (TPSA) is 52.6 Å². The molecule has 0 heterocycles. The van der Waals surface area contributed by atoms with Crippen molar-refractivity contribution in [3.8, 4) is 0 Å². The van der Waals surface area contributed by atoms with Crippen LogP contribution in [0.1, 0.15) is 163 Å². The highest BCUT2D eigenvalue weighted by Crippen LogP contribution is 2.58. The van der Waals surface area contributed by atoms with Crippen LogP contribution in [0.15, 0.2) is 60.7 Å². The normalized spacial score (nSPS) is 28.3. The number of esters is 2. The van der Waals surface area contributed by atoms with Gasteiger partial charge in [-0.3, -0.25) is 0 Å². The van der Waals surface area contributed by atoms with Crippen molar-refractivity contribution in [1.82, 2.24) is 0 Å². The van der Waals surface area contributed by atoms with E-state index in [2.05, 4.69) is 62.4 Å². The molecule has 0 aliphatic heterocycles. The van der Waals surface area contributed by atoms with Crippen LogP contribution in [0.2, 0.25) is 0 Å². The summed E-state index contributed by atoms with van der Waals surface area (Å²) in [6.45, 7) is 4.56. The van der Waals surface area contributed by atoms with Crippen LogP contribution >= 0.6 is 0 Å². The first kappa shape index (κ1) is 34.1. The van der Waals surface area contributed by atoms with Crippen molar-refractivity contribution in [2.75, 3.05) is 0 Å². The lowest BCUT2D eigenvalue weighted by molar-refractivity contribution is -0.106. The van der Waals surface area contributed by atoms with Crippen LogP contribution in [0.4, 0.5) is 0 Å². The summed E-state index contributed by atoms with van der Waals surface area (Å²) in [6, 6.07) is 20.8. The first-order valence-corrected chi connectivity index (χ1v) is 20.9. The molecule has 5 aromatic carbocycles. The van der Waals surface area contributed by atoms with E-state index in [0.29, 0.717) is 22.0 Å². The summed E-state index contributed by atoms with van der Waals surface area (Å²) in [6.07, 6.45) is 23.6. The maximum atomic E-state index is 14.1. The van der Waals surface area contributed by atoms with E-state index in [-0.39, 0.29) is 23.1 Å². The summed E-state index contributed by atoms with van der Waals surface area (Å²) in [7, 11) is 0. The quantitative estimate of drug-likeness (QED) is 0.0564. The Morgan fingerprint density at radius 1 is 0.462 bits per heavy atom. The molecule has 0 unspecified atom stereocenters. The van der Waals surface area contributed by atoms with Gasteiger partial charge >= 0.3 is 11.9 Å². The van der Waals surface area contributed by atoms with Crippen LogP contribution in [0, 0.1) is 10.8 Å². The number of ether oxygens (including phenoxy) is 2. The molecular formula is C48H56O4. The maximum Gasteiger partial charge on any atom is 0.339 e. The number of carbonyl (C=O) groups excluding carboxylic acids is 2. The predicted octanol–water partition coefficient (Wildman–Crippen LogP) is 13.4. The van der Waals surface area contributed by atoms with Gasteiger partial charge in [0.1, 0.15) is 11.2 Å². The third-order valence-corrected chi connectivity index (χ3v) is 15.0. The number of carbonyl (C=O) groups is 2. The molecule has 0 radical (unpaired) electrons. The van der Waals surface area contributed by atoms with Crippen LogP contribution in [0.3, 0.4) is 0 Å². The minimum Gasteiger partial charge on any atom is -0.455 e.